The maximum atomic E-state index is 3.63. The van der Waals surface area contributed by atoms with Gasteiger partial charge < -0.3 is 15.1 Å². The van der Waals surface area contributed by atoms with Crippen molar-refractivity contribution in [2.24, 2.45) is 0 Å². The first-order valence-corrected chi connectivity index (χ1v) is 6.79. The molecule has 0 aromatic rings. The minimum absolute atomic E-state index is 0.715. The zero-order valence-electron chi connectivity index (χ0n) is 11.5. The van der Waals surface area contributed by atoms with Crippen molar-refractivity contribution in [2.45, 2.75) is 45.2 Å². The molecule has 96 valence electrons. The van der Waals surface area contributed by atoms with Crippen molar-refractivity contribution in [3.05, 3.63) is 0 Å². The molecule has 0 bridgehead atoms. The van der Waals surface area contributed by atoms with Gasteiger partial charge in [-0.1, -0.05) is 13.8 Å². The molecule has 3 heteroatoms. The van der Waals surface area contributed by atoms with Crippen LogP contribution in [0.25, 0.3) is 0 Å². The van der Waals surface area contributed by atoms with Crippen LogP contribution in [0.3, 0.4) is 0 Å². The Labute approximate surface area is 101 Å². The van der Waals surface area contributed by atoms with Gasteiger partial charge >= 0.3 is 0 Å². The molecule has 0 aromatic heterocycles. The molecule has 1 fully saturated rings. The maximum Gasteiger partial charge on any atom is 0.0229 e. The van der Waals surface area contributed by atoms with E-state index >= 15 is 0 Å². The fourth-order valence-electron chi connectivity index (χ4n) is 2.44. The molecule has 1 N–H and O–H groups in total. The van der Waals surface area contributed by atoms with Crippen molar-refractivity contribution < 1.29 is 0 Å². The highest BCUT2D eigenvalue weighted by Gasteiger charge is 2.23. The molecule has 1 aliphatic rings. The van der Waals surface area contributed by atoms with E-state index in [0.717, 1.165) is 12.6 Å². The van der Waals surface area contributed by atoms with Crippen molar-refractivity contribution >= 4 is 0 Å². The summed E-state index contributed by atoms with van der Waals surface area (Å²) >= 11 is 0. The van der Waals surface area contributed by atoms with Gasteiger partial charge in [-0.2, -0.15) is 0 Å². The first-order valence-electron chi connectivity index (χ1n) is 6.79. The Morgan fingerprint density at radius 3 is 2.50 bits per heavy atom. The van der Waals surface area contributed by atoms with Crippen molar-refractivity contribution in [2.75, 3.05) is 40.3 Å². The van der Waals surface area contributed by atoms with Crippen LogP contribution in [0.5, 0.6) is 0 Å². The lowest BCUT2D eigenvalue weighted by Gasteiger charge is -2.21. The zero-order chi connectivity index (χ0) is 12.0. The molecule has 1 unspecified atom stereocenters. The van der Waals surface area contributed by atoms with Gasteiger partial charge in [0.15, 0.2) is 0 Å². The lowest BCUT2D eigenvalue weighted by molar-refractivity contribution is 0.265. The molecule has 1 aliphatic heterocycles. The van der Waals surface area contributed by atoms with Gasteiger partial charge in [0.05, 0.1) is 0 Å². The fourth-order valence-corrected chi connectivity index (χ4v) is 2.44. The third-order valence-electron chi connectivity index (χ3n) is 3.82. The molecular weight excluding hydrogens is 198 g/mol. The van der Waals surface area contributed by atoms with E-state index in [0.29, 0.717) is 6.04 Å². The molecule has 16 heavy (non-hydrogen) atoms. The SMILES string of the molecule is CCC(CC)NCCN1CCC(N(C)C)C1. The highest BCUT2D eigenvalue weighted by atomic mass is 15.2. The second kappa shape index (κ2) is 7.25. The van der Waals surface area contributed by atoms with E-state index in [1.165, 1.54) is 38.9 Å². The van der Waals surface area contributed by atoms with Gasteiger partial charge in [-0.3, -0.25) is 0 Å². The van der Waals surface area contributed by atoms with Crippen LogP contribution in [-0.2, 0) is 0 Å². The molecule has 0 aromatic carbocycles. The summed E-state index contributed by atoms with van der Waals surface area (Å²) < 4.78 is 0. The third-order valence-corrected chi connectivity index (χ3v) is 3.82. The molecule has 3 nitrogen and oxygen atoms in total. The van der Waals surface area contributed by atoms with Gasteiger partial charge in [-0.15, -0.1) is 0 Å². The molecule has 1 heterocycles. The summed E-state index contributed by atoms with van der Waals surface area (Å²) in [6, 6.07) is 1.49. The number of likely N-dealkylation sites (tertiary alicyclic amines) is 1. The van der Waals surface area contributed by atoms with Gasteiger partial charge in [0.2, 0.25) is 0 Å². The molecule has 0 amide bonds. The van der Waals surface area contributed by atoms with Crippen molar-refractivity contribution in [3.8, 4) is 0 Å². The monoisotopic (exact) mass is 227 g/mol. The highest BCUT2D eigenvalue weighted by Crippen LogP contribution is 2.12. The topological polar surface area (TPSA) is 18.5 Å². The first-order chi connectivity index (χ1) is 7.67. The van der Waals surface area contributed by atoms with Crippen molar-refractivity contribution in [1.29, 1.82) is 0 Å². The van der Waals surface area contributed by atoms with Gasteiger partial charge in [0.25, 0.3) is 0 Å². The standard InChI is InChI=1S/C13H29N3/c1-5-12(6-2)14-8-10-16-9-7-13(11-16)15(3)4/h12-14H,5-11H2,1-4H3. The zero-order valence-corrected chi connectivity index (χ0v) is 11.5. The summed E-state index contributed by atoms with van der Waals surface area (Å²) in [6.07, 6.45) is 3.83. The van der Waals surface area contributed by atoms with E-state index in [2.05, 4.69) is 43.1 Å². The summed E-state index contributed by atoms with van der Waals surface area (Å²) in [6.45, 7) is 9.40. The van der Waals surface area contributed by atoms with E-state index in [4.69, 9.17) is 0 Å². The van der Waals surface area contributed by atoms with Crippen molar-refractivity contribution in [1.82, 2.24) is 15.1 Å². The number of nitrogens with one attached hydrogen (secondary N) is 1. The molecular formula is C13H29N3. The van der Waals surface area contributed by atoms with E-state index in [1.54, 1.807) is 0 Å². The average Bonchev–Trinajstić information content (AvgIpc) is 2.73. The van der Waals surface area contributed by atoms with E-state index < -0.39 is 0 Å². The predicted octanol–water partition coefficient (Wildman–Crippen LogP) is 1.40. The second-order valence-electron chi connectivity index (χ2n) is 5.17. The van der Waals surface area contributed by atoms with Crippen LogP contribution >= 0.6 is 0 Å². The highest BCUT2D eigenvalue weighted by molar-refractivity contribution is 4.81. The number of hydrogen-bond acceptors (Lipinski definition) is 3. The quantitative estimate of drug-likeness (QED) is 0.709. The van der Waals surface area contributed by atoms with Crippen LogP contribution in [0.15, 0.2) is 0 Å². The van der Waals surface area contributed by atoms with Crippen LogP contribution in [0, 0.1) is 0 Å². The van der Waals surface area contributed by atoms with E-state index in [1.807, 2.05) is 0 Å². The maximum absolute atomic E-state index is 3.63. The summed E-state index contributed by atoms with van der Waals surface area (Å²) in [5, 5.41) is 3.63. The van der Waals surface area contributed by atoms with Crippen LogP contribution in [0.1, 0.15) is 33.1 Å². The molecule has 0 spiro atoms. The molecule has 0 aliphatic carbocycles. The first kappa shape index (κ1) is 13.9. The molecule has 1 rings (SSSR count). The molecule has 0 saturated carbocycles. The Morgan fingerprint density at radius 2 is 2.00 bits per heavy atom. The minimum atomic E-state index is 0.715. The van der Waals surface area contributed by atoms with Crippen LogP contribution in [0.2, 0.25) is 0 Å². The number of nitrogens with zero attached hydrogens (tertiary/aromatic N) is 2. The minimum Gasteiger partial charge on any atom is -0.313 e. The lowest BCUT2D eigenvalue weighted by atomic mass is 10.2. The number of rotatable bonds is 7. The Bertz CT molecular complexity index is 178. The second-order valence-corrected chi connectivity index (χ2v) is 5.17. The largest absolute Gasteiger partial charge is 0.313 e. The predicted molar refractivity (Wildman–Crippen MR) is 70.9 cm³/mol. The van der Waals surface area contributed by atoms with Gasteiger partial charge in [-0.05, 0) is 39.9 Å². The third kappa shape index (κ3) is 4.40. The summed E-state index contributed by atoms with van der Waals surface area (Å²) in [5.41, 5.74) is 0. The summed E-state index contributed by atoms with van der Waals surface area (Å²) in [7, 11) is 4.38. The Balaban J connectivity index is 2.11. The van der Waals surface area contributed by atoms with Crippen LogP contribution < -0.4 is 5.32 Å². The average molecular weight is 227 g/mol. The van der Waals surface area contributed by atoms with E-state index in [9.17, 15) is 0 Å². The summed E-state index contributed by atoms with van der Waals surface area (Å²) in [5.74, 6) is 0. The molecule has 1 atom stereocenters. The fraction of sp³-hybridized carbons (Fsp3) is 1.00. The number of hydrogen-bond donors (Lipinski definition) is 1. The van der Waals surface area contributed by atoms with Crippen molar-refractivity contribution in [3.63, 3.8) is 0 Å². The van der Waals surface area contributed by atoms with Crippen LogP contribution in [0.4, 0.5) is 0 Å². The van der Waals surface area contributed by atoms with Gasteiger partial charge in [-0.25, -0.2) is 0 Å². The smallest absolute Gasteiger partial charge is 0.0229 e. The Kier molecular flexibility index (Phi) is 6.32. The van der Waals surface area contributed by atoms with Crippen LogP contribution in [-0.4, -0.2) is 62.2 Å². The molecule has 0 radical (unpaired) electrons. The van der Waals surface area contributed by atoms with E-state index in [-0.39, 0.29) is 0 Å². The Morgan fingerprint density at radius 1 is 1.31 bits per heavy atom. The summed E-state index contributed by atoms with van der Waals surface area (Å²) in [4.78, 5) is 4.94. The Hall–Kier alpha value is -0.120. The normalized spacial score (nSPS) is 22.5. The van der Waals surface area contributed by atoms with Gasteiger partial charge in [0, 0.05) is 31.7 Å². The number of likely N-dealkylation sites (N-methyl/N-ethyl adjacent to an activating group) is 1. The van der Waals surface area contributed by atoms with Gasteiger partial charge in [0.1, 0.15) is 0 Å². The lowest BCUT2D eigenvalue weighted by Crippen LogP contribution is -2.37. The molecule has 1 saturated heterocycles.